The number of allylic oxidation sites excluding steroid dienone is 2. The molecule has 0 N–H and O–H groups in total. The zero-order valence-electron chi connectivity index (χ0n) is 19.8. The van der Waals surface area contributed by atoms with Crippen LogP contribution in [0.15, 0.2) is 77.9 Å². The second-order valence-corrected chi connectivity index (χ2v) is 22.3. The summed E-state index contributed by atoms with van der Waals surface area (Å²) in [7, 11) is 0. The monoisotopic (exact) mass is 568 g/mol. The summed E-state index contributed by atoms with van der Waals surface area (Å²) in [6, 6.07) is 26.5. The third kappa shape index (κ3) is 4.96. The van der Waals surface area contributed by atoms with Crippen molar-refractivity contribution in [2.24, 2.45) is 0 Å². The summed E-state index contributed by atoms with van der Waals surface area (Å²) in [6.07, 6.45) is 5.48. The third-order valence-corrected chi connectivity index (χ3v) is 24.2. The molecule has 0 nitrogen and oxygen atoms in total. The molecule has 33 heavy (non-hydrogen) atoms. The topological polar surface area (TPSA) is 0 Å². The van der Waals surface area contributed by atoms with E-state index in [4.69, 9.17) is 0 Å². The number of rotatable bonds is 4. The predicted octanol–water partition coefficient (Wildman–Crippen LogP) is 7.93. The molecule has 5 rings (SSSR count). The van der Waals surface area contributed by atoms with Gasteiger partial charge in [0.1, 0.15) is 0 Å². The maximum Gasteiger partial charge on any atom is -0.147 e. The minimum atomic E-state index is -1.95. The van der Waals surface area contributed by atoms with Crippen LogP contribution < -0.4 is 0 Å². The second-order valence-electron chi connectivity index (χ2n) is 9.19. The van der Waals surface area contributed by atoms with Gasteiger partial charge in [-0.2, -0.15) is 0 Å². The normalized spacial score (nSPS) is 17.7. The van der Waals surface area contributed by atoms with E-state index in [1.54, 1.807) is 22.3 Å². The molecule has 170 valence electrons. The molecule has 2 atom stereocenters. The molecule has 2 aliphatic carbocycles. The minimum absolute atomic E-state index is 0. The minimum Gasteiger partial charge on any atom is -0.147 e. The van der Waals surface area contributed by atoms with Gasteiger partial charge in [-0.05, 0) is 0 Å². The number of aryl methyl sites for hydroxylation is 2. The van der Waals surface area contributed by atoms with E-state index >= 15 is 0 Å². The maximum atomic E-state index is 2.52. The van der Waals surface area contributed by atoms with Crippen molar-refractivity contribution in [3.05, 3.63) is 117 Å². The standard InChI is InChI=1S/2C11H11.C7H8Si.2ClH.Zr/c2*1-8-6-10-5-3-4-9(2)11(10)7-8;8-6-7-4-2-1-3-5-7;;;/h2*3-7H,1-2H3;1-5,8H,6H2;2*1H;. The summed E-state index contributed by atoms with van der Waals surface area (Å²) in [6.45, 7) is 9.39. The average molecular weight is 571 g/mol. The molecule has 0 amide bonds. The summed E-state index contributed by atoms with van der Waals surface area (Å²) >= 11 is -1.95. The molecule has 0 aromatic heterocycles. The Morgan fingerprint density at radius 3 is 1.61 bits per heavy atom. The van der Waals surface area contributed by atoms with Crippen molar-refractivity contribution in [3.63, 3.8) is 0 Å². The number of fused-ring (bicyclic) bond motifs is 2. The Morgan fingerprint density at radius 2 is 1.12 bits per heavy atom. The fourth-order valence-electron chi connectivity index (χ4n) is 5.55. The molecular formula is C29H32Cl2SiZr. The number of benzene rings is 3. The first-order valence-electron chi connectivity index (χ1n) is 11.3. The molecule has 0 fully saturated rings. The van der Waals surface area contributed by atoms with Gasteiger partial charge in [-0.3, -0.25) is 0 Å². The Hall–Kier alpha value is -1.18. The van der Waals surface area contributed by atoms with E-state index in [2.05, 4.69) is 107 Å². The SMILES string of the molecule is CC1=Cc2c(C)cccc2[CH]1[Zr](=[SiH]Cc1ccccc1)[CH]1C(C)=Cc2c(C)cccc21.Cl.Cl. The van der Waals surface area contributed by atoms with Gasteiger partial charge < -0.3 is 0 Å². The van der Waals surface area contributed by atoms with Crippen LogP contribution in [0.25, 0.3) is 12.2 Å². The van der Waals surface area contributed by atoms with Gasteiger partial charge in [-0.25, -0.2) is 0 Å². The zero-order valence-corrected chi connectivity index (χ0v) is 25.0. The number of halogens is 2. The first kappa shape index (κ1) is 26.4. The Kier molecular flexibility index (Phi) is 8.84. The van der Waals surface area contributed by atoms with Gasteiger partial charge in [0, 0.05) is 0 Å². The summed E-state index contributed by atoms with van der Waals surface area (Å²) in [4.78, 5) is 0. The van der Waals surface area contributed by atoms with Crippen LogP contribution in [0.5, 0.6) is 0 Å². The Morgan fingerprint density at radius 1 is 0.636 bits per heavy atom. The van der Waals surface area contributed by atoms with Crippen molar-refractivity contribution in [2.75, 3.05) is 0 Å². The van der Waals surface area contributed by atoms with Gasteiger partial charge in [0.05, 0.1) is 0 Å². The molecule has 3 aromatic rings. The molecule has 0 spiro atoms. The largest absolute Gasteiger partial charge is 0.147 e. The van der Waals surface area contributed by atoms with Crippen LogP contribution in [0.1, 0.15) is 60.0 Å². The quantitative estimate of drug-likeness (QED) is 0.280. The number of hydrogen-bond donors (Lipinski definition) is 0. The van der Waals surface area contributed by atoms with E-state index in [9.17, 15) is 0 Å². The van der Waals surface area contributed by atoms with E-state index in [0.29, 0.717) is 6.16 Å². The molecule has 0 bridgehead atoms. The van der Waals surface area contributed by atoms with Gasteiger partial charge >= 0.3 is 196 Å². The molecule has 0 aliphatic heterocycles. The van der Waals surface area contributed by atoms with E-state index in [1.165, 1.54) is 33.9 Å². The van der Waals surface area contributed by atoms with Crippen molar-refractivity contribution in [2.45, 2.75) is 41.0 Å². The summed E-state index contributed by atoms with van der Waals surface area (Å²) in [5.41, 5.74) is 14.0. The third-order valence-electron chi connectivity index (χ3n) is 7.08. The van der Waals surface area contributed by atoms with Gasteiger partial charge in [0.2, 0.25) is 0 Å². The Labute approximate surface area is 219 Å². The molecule has 0 radical (unpaired) electrons. The van der Waals surface area contributed by atoms with Crippen molar-refractivity contribution in [3.8, 4) is 0 Å². The van der Waals surface area contributed by atoms with Crippen molar-refractivity contribution >= 4 is 43.1 Å². The fourth-order valence-corrected chi connectivity index (χ4v) is 25.8. The Balaban J connectivity index is 0.00000153. The summed E-state index contributed by atoms with van der Waals surface area (Å²) in [5.74, 6) is 0. The van der Waals surface area contributed by atoms with Gasteiger partial charge in [0.15, 0.2) is 0 Å². The van der Waals surface area contributed by atoms with Crippen LogP contribution in [-0.4, -0.2) is 6.16 Å². The van der Waals surface area contributed by atoms with E-state index < -0.39 is 20.4 Å². The van der Waals surface area contributed by atoms with E-state index in [0.717, 1.165) is 7.25 Å². The van der Waals surface area contributed by atoms with Crippen molar-refractivity contribution < 1.29 is 20.4 Å². The van der Waals surface area contributed by atoms with Crippen LogP contribution in [-0.2, 0) is 26.4 Å². The fraction of sp³-hybridized carbons (Fsp3) is 0.241. The summed E-state index contributed by atoms with van der Waals surface area (Å²) in [5, 5.41) is 0. The molecule has 2 unspecified atom stereocenters. The van der Waals surface area contributed by atoms with Crippen LogP contribution in [0.2, 0.25) is 0 Å². The smallest absolute Gasteiger partial charge is 0.147 e. The van der Waals surface area contributed by atoms with E-state index in [-0.39, 0.29) is 24.8 Å². The molecule has 3 aromatic carbocycles. The number of hydrogen-bond acceptors (Lipinski definition) is 0. The van der Waals surface area contributed by atoms with Crippen LogP contribution >= 0.6 is 24.8 Å². The summed E-state index contributed by atoms with van der Waals surface area (Å²) < 4.78 is 1.44. The first-order chi connectivity index (χ1) is 15.0. The van der Waals surface area contributed by atoms with Gasteiger partial charge in [0.25, 0.3) is 0 Å². The Bertz CT molecular complexity index is 1180. The molecule has 0 heterocycles. The van der Waals surface area contributed by atoms with Crippen LogP contribution in [0.4, 0.5) is 0 Å². The van der Waals surface area contributed by atoms with Gasteiger partial charge in [-0.1, -0.05) is 0 Å². The zero-order chi connectivity index (χ0) is 21.5. The first-order valence-corrected chi connectivity index (χ1v) is 19.8. The van der Waals surface area contributed by atoms with Gasteiger partial charge in [-0.15, -0.1) is 24.8 Å². The van der Waals surface area contributed by atoms with Crippen molar-refractivity contribution in [1.82, 2.24) is 0 Å². The van der Waals surface area contributed by atoms with Crippen LogP contribution in [0.3, 0.4) is 0 Å². The predicted molar refractivity (Wildman–Crippen MR) is 147 cm³/mol. The molecule has 0 saturated heterocycles. The van der Waals surface area contributed by atoms with E-state index in [1.807, 2.05) is 0 Å². The average Bonchev–Trinajstić information content (AvgIpc) is 3.28. The molecule has 4 heteroatoms. The van der Waals surface area contributed by atoms with Crippen LogP contribution in [0, 0.1) is 13.8 Å². The molecule has 0 saturated carbocycles. The maximum absolute atomic E-state index is 2.52. The molecule has 2 aliphatic rings. The molecular weight excluding hydrogens is 539 g/mol. The van der Waals surface area contributed by atoms with Crippen molar-refractivity contribution in [1.29, 1.82) is 0 Å². The second kappa shape index (κ2) is 11.0.